The average molecular weight is 347 g/mol. The van der Waals surface area contributed by atoms with E-state index >= 15 is 0 Å². The zero-order valence-corrected chi connectivity index (χ0v) is 12.4. The molecule has 0 heterocycles. The lowest BCUT2D eigenvalue weighted by atomic mass is 9.95. The highest BCUT2D eigenvalue weighted by Crippen LogP contribution is 2.31. The molecule has 1 unspecified atom stereocenters. The van der Waals surface area contributed by atoms with Gasteiger partial charge in [0.05, 0.1) is 6.04 Å². The van der Waals surface area contributed by atoms with Crippen LogP contribution in [0.15, 0.2) is 34.8 Å². The SMILES string of the molecule is Cc1ccc(Br)cc1C(N)c1cc(F)c(F)cc1Cl. The summed E-state index contributed by atoms with van der Waals surface area (Å²) in [5.74, 6) is -1.94. The number of nitrogens with two attached hydrogens (primary N) is 1. The molecule has 0 amide bonds. The van der Waals surface area contributed by atoms with Crippen LogP contribution in [0.1, 0.15) is 22.7 Å². The first kappa shape index (κ1) is 14.4. The van der Waals surface area contributed by atoms with Crippen LogP contribution in [0.4, 0.5) is 8.78 Å². The molecule has 5 heteroatoms. The molecule has 0 aliphatic rings. The van der Waals surface area contributed by atoms with Crippen molar-refractivity contribution in [3.05, 3.63) is 68.2 Å². The van der Waals surface area contributed by atoms with Gasteiger partial charge < -0.3 is 5.73 Å². The quantitative estimate of drug-likeness (QED) is 0.781. The monoisotopic (exact) mass is 345 g/mol. The molecule has 1 atom stereocenters. The van der Waals surface area contributed by atoms with E-state index < -0.39 is 17.7 Å². The molecule has 2 N–H and O–H groups in total. The van der Waals surface area contributed by atoms with Crippen molar-refractivity contribution in [3.8, 4) is 0 Å². The zero-order valence-electron chi connectivity index (χ0n) is 10.1. The van der Waals surface area contributed by atoms with Gasteiger partial charge in [-0.15, -0.1) is 0 Å². The second-order valence-corrected chi connectivity index (χ2v) is 5.59. The van der Waals surface area contributed by atoms with E-state index in [0.29, 0.717) is 5.56 Å². The fourth-order valence-electron chi connectivity index (χ4n) is 1.89. The zero-order chi connectivity index (χ0) is 14.2. The van der Waals surface area contributed by atoms with Gasteiger partial charge in [-0.25, -0.2) is 8.78 Å². The van der Waals surface area contributed by atoms with Crippen molar-refractivity contribution in [1.82, 2.24) is 0 Å². The predicted octanol–water partition coefficient (Wildman–Crippen LogP) is 4.74. The lowest BCUT2D eigenvalue weighted by Crippen LogP contribution is -2.14. The van der Waals surface area contributed by atoms with Crippen molar-refractivity contribution in [1.29, 1.82) is 0 Å². The van der Waals surface area contributed by atoms with Crippen LogP contribution >= 0.6 is 27.5 Å². The van der Waals surface area contributed by atoms with Crippen LogP contribution in [-0.2, 0) is 0 Å². The summed E-state index contributed by atoms with van der Waals surface area (Å²) in [7, 11) is 0. The summed E-state index contributed by atoms with van der Waals surface area (Å²) in [4.78, 5) is 0. The minimum absolute atomic E-state index is 0.116. The molecule has 2 aromatic carbocycles. The van der Waals surface area contributed by atoms with Gasteiger partial charge in [0.2, 0.25) is 0 Å². The molecule has 0 spiro atoms. The van der Waals surface area contributed by atoms with E-state index in [1.165, 1.54) is 0 Å². The first-order chi connectivity index (χ1) is 8.90. The van der Waals surface area contributed by atoms with Gasteiger partial charge in [0.25, 0.3) is 0 Å². The Hall–Kier alpha value is -0.970. The summed E-state index contributed by atoms with van der Waals surface area (Å²) < 4.78 is 27.2. The van der Waals surface area contributed by atoms with Crippen molar-refractivity contribution in [2.75, 3.05) is 0 Å². The van der Waals surface area contributed by atoms with Crippen molar-refractivity contribution in [3.63, 3.8) is 0 Å². The van der Waals surface area contributed by atoms with E-state index in [1.54, 1.807) is 0 Å². The fraction of sp³-hybridized carbons (Fsp3) is 0.143. The molecule has 0 fully saturated rings. The van der Waals surface area contributed by atoms with Gasteiger partial charge in [0, 0.05) is 9.50 Å². The number of rotatable bonds is 2. The topological polar surface area (TPSA) is 26.0 Å². The first-order valence-corrected chi connectivity index (χ1v) is 6.73. The highest BCUT2D eigenvalue weighted by atomic mass is 79.9. The predicted molar refractivity (Wildman–Crippen MR) is 76.3 cm³/mol. The Labute approximate surface area is 123 Å². The molecule has 1 nitrogen and oxygen atoms in total. The van der Waals surface area contributed by atoms with Crippen LogP contribution in [0.25, 0.3) is 0 Å². The molecule has 19 heavy (non-hydrogen) atoms. The van der Waals surface area contributed by atoms with Crippen LogP contribution in [0.2, 0.25) is 5.02 Å². The number of aryl methyl sites for hydroxylation is 1. The van der Waals surface area contributed by atoms with Gasteiger partial charge in [-0.05, 0) is 47.9 Å². The summed E-state index contributed by atoms with van der Waals surface area (Å²) >= 11 is 9.30. The number of halogens is 4. The lowest BCUT2D eigenvalue weighted by molar-refractivity contribution is 0.506. The third-order valence-electron chi connectivity index (χ3n) is 2.95. The summed E-state index contributed by atoms with van der Waals surface area (Å²) in [5, 5.41) is 0.116. The molecular formula is C14H11BrClF2N. The second kappa shape index (κ2) is 5.57. The maximum atomic E-state index is 13.3. The number of benzene rings is 2. The molecule has 100 valence electrons. The Kier molecular flexibility index (Phi) is 4.23. The van der Waals surface area contributed by atoms with Crippen molar-refractivity contribution in [2.24, 2.45) is 5.73 Å². The molecule has 0 radical (unpaired) electrons. The van der Waals surface area contributed by atoms with E-state index in [-0.39, 0.29) is 5.02 Å². The molecule has 2 aromatic rings. The summed E-state index contributed by atoms with van der Waals surface area (Å²) in [6.07, 6.45) is 0. The van der Waals surface area contributed by atoms with Crippen molar-refractivity contribution < 1.29 is 8.78 Å². The van der Waals surface area contributed by atoms with Crippen LogP contribution in [-0.4, -0.2) is 0 Å². The summed E-state index contributed by atoms with van der Waals surface area (Å²) in [5.41, 5.74) is 8.24. The highest BCUT2D eigenvalue weighted by molar-refractivity contribution is 9.10. The molecule has 0 aromatic heterocycles. The third-order valence-corrected chi connectivity index (χ3v) is 3.77. The van der Waals surface area contributed by atoms with Crippen molar-refractivity contribution in [2.45, 2.75) is 13.0 Å². The Bertz CT molecular complexity index is 631. The molecule has 2 rings (SSSR count). The van der Waals surface area contributed by atoms with Gasteiger partial charge >= 0.3 is 0 Å². The maximum absolute atomic E-state index is 13.3. The lowest BCUT2D eigenvalue weighted by Gasteiger charge is -2.17. The van der Waals surface area contributed by atoms with Gasteiger partial charge in [-0.2, -0.15) is 0 Å². The van der Waals surface area contributed by atoms with E-state index in [0.717, 1.165) is 27.7 Å². The van der Waals surface area contributed by atoms with Gasteiger partial charge in [-0.1, -0.05) is 33.6 Å². The molecule has 0 saturated carbocycles. The van der Waals surface area contributed by atoms with Gasteiger partial charge in [0.1, 0.15) is 0 Å². The van der Waals surface area contributed by atoms with Crippen LogP contribution < -0.4 is 5.73 Å². The van der Waals surface area contributed by atoms with E-state index in [2.05, 4.69) is 15.9 Å². The van der Waals surface area contributed by atoms with E-state index in [4.69, 9.17) is 17.3 Å². The van der Waals surface area contributed by atoms with Crippen LogP contribution in [0.3, 0.4) is 0 Å². The minimum Gasteiger partial charge on any atom is -0.320 e. The Balaban J connectivity index is 2.52. The molecule has 0 aliphatic heterocycles. The standard InChI is InChI=1S/C14H11BrClF2N/c1-7-2-3-8(15)4-9(7)14(19)10-5-12(17)13(18)6-11(10)16/h2-6,14H,19H2,1H3. The Morgan fingerprint density at radius 3 is 2.42 bits per heavy atom. The largest absolute Gasteiger partial charge is 0.320 e. The third kappa shape index (κ3) is 2.96. The first-order valence-electron chi connectivity index (χ1n) is 5.56. The summed E-state index contributed by atoms with van der Waals surface area (Å²) in [6.45, 7) is 1.90. The normalized spacial score (nSPS) is 12.5. The van der Waals surface area contributed by atoms with E-state index in [1.807, 2.05) is 25.1 Å². The highest BCUT2D eigenvalue weighted by Gasteiger charge is 2.17. The average Bonchev–Trinajstić information content (AvgIpc) is 2.36. The van der Waals surface area contributed by atoms with Gasteiger partial charge in [0.15, 0.2) is 11.6 Å². The van der Waals surface area contributed by atoms with Crippen molar-refractivity contribution >= 4 is 27.5 Å². The maximum Gasteiger partial charge on any atom is 0.160 e. The molecular weight excluding hydrogens is 336 g/mol. The molecule has 0 aliphatic carbocycles. The number of hydrogen-bond donors (Lipinski definition) is 1. The minimum atomic E-state index is -0.980. The summed E-state index contributed by atoms with van der Waals surface area (Å²) in [6, 6.07) is 7.01. The smallest absolute Gasteiger partial charge is 0.160 e. The van der Waals surface area contributed by atoms with Gasteiger partial charge in [-0.3, -0.25) is 0 Å². The fourth-order valence-corrected chi connectivity index (χ4v) is 2.54. The number of hydrogen-bond acceptors (Lipinski definition) is 1. The Morgan fingerprint density at radius 1 is 1.11 bits per heavy atom. The second-order valence-electron chi connectivity index (χ2n) is 4.27. The Morgan fingerprint density at radius 2 is 1.74 bits per heavy atom. The van der Waals surface area contributed by atoms with Crippen LogP contribution in [0, 0.1) is 18.6 Å². The molecule has 0 bridgehead atoms. The van der Waals surface area contributed by atoms with E-state index in [9.17, 15) is 8.78 Å². The van der Waals surface area contributed by atoms with Crippen LogP contribution in [0.5, 0.6) is 0 Å². The molecule has 0 saturated heterocycles.